The van der Waals surface area contributed by atoms with Gasteiger partial charge in [0.15, 0.2) is 0 Å². The molecule has 0 spiro atoms. The van der Waals surface area contributed by atoms with Crippen LogP contribution in [0.15, 0.2) is 6.20 Å². The molecule has 1 aliphatic carbocycles. The van der Waals surface area contributed by atoms with Gasteiger partial charge in [0.25, 0.3) is 0 Å². The number of aliphatic carboxylic acids is 1. The highest BCUT2D eigenvalue weighted by Crippen LogP contribution is 2.40. The van der Waals surface area contributed by atoms with Gasteiger partial charge in [-0.05, 0) is 23.5 Å². The number of hydrogen-bond acceptors (Lipinski definition) is 1. The zero-order valence-corrected chi connectivity index (χ0v) is 7.93. The van der Waals surface area contributed by atoms with Crippen molar-refractivity contribution >= 4 is 17.6 Å². The van der Waals surface area contributed by atoms with Crippen molar-refractivity contribution in [3.63, 3.8) is 0 Å². The van der Waals surface area contributed by atoms with Gasteiger partial charge in [-0.2, -0.15) is 0 Å². The Morgan fingerprint density at radius 2 is 2.46 bits per heavy atom. The van der Waals surface area contributed by atoms with E-state index in [4.69, 9.17) is 16.7 Å². The Hall–Kier alpha value is -0.960. The van der Waals surface area contributed by atoms with E-state index in [1.807, 2.05) is 6.92 Å². The van der Waals surface area contributed by atoms with Crippen LogP contribution in [0.3, 0.4) is 0 Å². The van der Waals surface area contributed by atoms with Crippen molar-refractivity contribution in [2.75, 3.05) is 0 Å². The predicted octanol–water partition coefficient (Wildman–Crippen LogP) is 2.03. The number of carbonyl (C=O) groups is 1. The number of rotatable bonds is 1. The smallest absolute Gasteiger partial charge is 0.311 e. The highest BCUT2D eigenvalue weighted by Gasteiger charge is 2.36. The second kappa shape index (κ2) is 2.77. The summed E-state index contributed by atoms with van der Waals surface area (Å²) in [4.78, 5) is 13.8. The largest absolute Gasteiger partial charge is 0.481 e. The van der Waals surface area contributed by atoms with E-state index in [1.165, 1.54) is 0 Å². The molecule has 0 aliphatic heterocycles. The molecule has 13 heavy (non-hydrogen) atoms. The van der Waals surface area contributed by atoms with Crippen molar-refractivity contribution in [3.8, 4) is 0 Å². The van der Waals surface area contributed by atoms with Crippen molar-refractivity contribution in [2.45, 2.75) is 19.3 Å². The maximum Gasteiger partial charge on any atom is 0.311 e. The molecule has 0 bridgehead atoms. The number of carboxylic acids is 1. The van der Waals surface area contributed by atoms with Gasteiger partial charge in [0.2, 0.25) is 0 Å². The summed E-state index contributed by atoms with van der Waals surface area (Å²) in [6.45, 7) is 1.94. The van der Waals surface area contributed by atoms with Gasteiger partial charge in [-0.15, -0.1) is 0 Å². The third kappa shape index (κ3) is 1.15. The van der Waals surface area contributed by atoms with E-state index in [2.05, 4.69) is 4.98 Å². The highest BCUT2D eigenvalue weighted by atomic mass is 35.5. The quantitative estimate of drug-likeness (QED) is 0.727. The average Bonchev–Trinajstić information content (AvgIpc) is 2.51. The van der Waals surface area contributed by atoms with Gasteiger partial charge < -0.3 is 10.1 Å². The number of aromatic nitrogens is 1. The summed E-state index contributed by atoms with van der Waals surface area (Å²) < 4.78 is 0. The van der Waals surface area contributed by atoms with Crippen LogP contribution in [0.2, 0.25) is 5.15 Å². The minimum atomic E-state index is -0.762. The van der Waals surface area contributed by atoms with E-state index >= 15 is 0 Å². The Morgan fingerprint density at radius 1 is 1.77 bits per heavy atom. The van der Waals surface area contributed by atoms with E-state index in [9.17, 15) is 4.79 Å². The molecule has 2 N–H and O–H groups in total. The molecule has 1 heterocycles. The average molecular weight is 200 g/mol. The number of nitrogens with one attached hydrogen (secondary N) is 1. The number of aromatic amines is 1. The first-order valence-corrected chi connectivity index (χ1v) is 4.57. The molecule has 1 aliphatic rings. The molecule has 1 aromatic heterocycles. The Morgan fingerprint density at radius 3 is 3.08 bits per heavy atom. The van der Waals surface area contributed by atoms with Crippen LogP contribution in [0, 0.1) is 5.92 Å². The Kier molecular flexibility index (Phi) is 1.84. The Balaban J connectivity index is 2.46. The van der Waals surface area contributed by atoms with Gasteiger partial charge in [0.05, 0.1) is 5.92 Å². The molecular formula is C9H10ClNO2. The zero-order chi connectivity index (χ0) is 9.59. The van der Waals surface area contributed by atoms with Gasteiger partial charge in [0.1, 0.15) is 5.15 Å². The molecular weight excluding hydrogens is 190 g/mol. The summed E-state index contributed by atoms with van der Waals surface area (Å²) in [5.41, 5.74) is 1.83. The minimum Gasteiger partial charge on any atom is -0.481 e. The summed E-state index contributed by atoms with van der Waals surface area (Å²) in [6, 6.07) is 0. The van der Waals surface area contributed by atoms with Crippen molar-refractivity contribution in [3.05, 3.63) is 22.5 Å². The fraction of sp³-hybridized carbons (Fsp3) is 0.444. The maximum absolute atomic E-state index is 10.9. The van der Waals surface area contributed by atoms with Crippen LogP contribution in [0.25, 0.3) is 0 Å². The maximum atomic E-state index is 10.9. The van der Waals surface area contributed by atoms with Crippen LogP contribution < -0.4 is 0 Å². The molecule has 1 aromatic rings. The van der Waals surface area contributed by atoms with Gasteiger partial charge >= 0.3 is 5.97 Å². The Bertz CT molecular complexity index is 358. The second-order valence-corrected chi connectivity index (χ2v) is 3.91. The normalized spacial score (nSPS) is 26.0. The fourth-order valence-electron chi connectivity index (χ4n) is 2.05. The van der Waals surface area contributed by atoms with Crippen molar-refractivity contribution in [1.82, 2.24) is 4.98 Å². The summed E-state index contributed by atoms with van der Waals surface area (Å²) in [7, 11) is 0. The summed E-state index contributed by atoms with van der Waals surface area (Å²) in [5, 5.41) is 9.57. The minimum absolute atomic E-state index is 0.148. The first kappa shape index (κ1) is 8.63. The first-order chi connectivity index (χ1) is 6.11. The third-order valence-electron chi connectivity index (χ3n) is 2.66. The zero-order valence-electron chi connectivity index (χ0n) is 7.17. The number of H-pyrrole nitrogens is 1. The molecule has 0 saturated heterocycles. The third-order valence-corrected chi connectivity index (χ3v) is 3.00. The summed E-state index contributed by atoms with van der Waals surface area (Å²) >= 11 is 5.87. The van der Waals surface area contributed by atoms with Gasteiger partial charge in [-0.1, -0.05) is 18.5 Å². The second-order valence-electron chi connectivity index (χ2n) is 3.53. The fourth-order valence-corrected chi connectivity index (χ4v) is 2.29. The van der Waals surface area contributed by atoms with Gasteiger partial charge in [-0.3, -0.25) is 4.79 Å². The molecule has 0 radical (unpaired) electrons. The van der Waals surface area contributed by atoms with E-state index in [-0.39, 0.29) is 5.92 Å². The van der Waals surface area contributed by atoms with E-state index in [0.29, 0.717) is 5.15 Å². The lowest BCUT2D eigenvalue weighted by atomic mass is 9.95. The molecule has 2 rings (SSSR count). The molecule has 0 amide bonds. The SMILES string of the molecule is CC1Cc2c(c[nH]c2Cl)C1C(=O)O. The molecule has 0 fully saturated rings. The van der Waals surface area contributed by atoms with Gasteiger partial charge in [0, 0.05) is 6.20 Å². The standard InChI is InChI=1S/C9H10ClNO2/c1-4-2-5-6(3-11-8(5)10)7(4)9(12)13/h3-4,7,11H,2H2,1H3,(H,12,13). The van der Waals surface area contributed by atoms with Crippen LogP contribution in [0.1, 0.15) is 24.0 Å². The molecule has 0 aromatic carbocycles. The van der Waals surface area contributed by atoms with E-state index in [0.717, 1.165) is 17.5 Å². The van der Waals surface area contributed by atoms with Crippen LogP contribution in [-0.2, 0) is 11.2 Å². The lowest BCUT2D eigenvalue weighted by Crippen LogP contribution is -2.14. The lowest BCUT2D eigenvalue weighted by molar-refractivity contribution is -0.139. The number of fused-ring (bicyclic) bond motifs is 1. The van der Waals surface area contributed by atoms with Crippen molar-refractivity contribution in [1.29, 1.82) is 0 Å². The summed E-state index contributed by atoms with van der Waals surface area (Å²) in [6.07, 6.45) is 2.47. The van der Waals surface area contributed by atoms with Crippen LogP contribution in [0.5, 0.6) is 0 Å². The lowest BCUT2D eigenvalue weighted by Gasteiger charge is -2.09. The van der Waals surface area contributed by atoms with Crippen LogP contribution >= 0.6 is 11.6 Å². The van der Waals surface area contributed by atoms with Crippen LogP contribution in [0.4, 0.5) is 0 Å². The monoisotopic (exact) mass is 199 g/mol. The number of carboxylic acid groups (broad SMARTS) is 1. The van der Waals surface area contributed by atoms with Crippen molar-refractivity contribution < 1.29 is 9.90 Å². The van der Waals surface area contributed by atoms with Gasteiger partial charge in [-0.25, -0.2) is 0 Å². The molecule has 70 valence electrons. The predicted molar refractivity (Wildman–Crippen MR) is 49.0 cm³/mol. The molecule has 2 atom stereocenters. The molecule has 4 heteroatoms. The van der Waals surface area contributed by atoms with E-state index in [1.54, 1.807) is 6.20 Å². The van der Waals surface area contributed by atoms with Crippen LogP contribution in [-0.4, -0.2) is 16.1 Å². The topological polar surface area (TPSA) is 53.1 Å². The molecule has 0 saturated carbocycles. The Labute approximate surface area is 80.7 Å². The number of hydrogen-bond donors (Lipinski definition) is 2. The molecule has 3 nitrogen and oxygen atoms in total. The number of halogens is 1. The van der Waals surface area contributed by atoms with E-state index < -0.39 is 11.9 Å². The van der Waals surface area contributed by atoms with Crippen molar-refractivity contribution in [2.24, 2.45) is 5.92 Å². The first-order valence-electron chi connectivity index (χ1n) is 4.19. The molecule has 2 unspecified atom stereocenters. The summed E-state index contributed by atoms with van der Waals surface area (Å²) in [5.74, 6) is -1.00. The highest BCUT2D eigenvalue weighted by molar-refractivity contribution is 6.30.